The predicted molar refractivity (Wildman–Crippen MR) is 66.6 cm³/mol. The van der Waals surface area contributed by atoms with Crippen molar-refractivity contribution in [2.24, 2.45) is 7.05 Å². The van der Waals surface area contributed by atoms with E-state index in [1.165, 1.54) is 0 Å². The Morgan fingerprint density at radius 2 is 2.35 bits per heavy atom. The molecule has 0 aromatic carbocycles. The van der Waals surface area contributed by atoms with Crippen LogP contribution in [0.5, 0.6) is 0 Å². The maximum absolute atomic E-state index is 9.20. The zero-order chi connectivity index (χ0) is 12.5. The molecule has 2 unspecified atom stereocenters. The SMILES string of the molecule is CNC1(C#N)CCC(Sc2nnc(C)n2C)C1. The van der Waals surface area contributed by atoms with Crippen molar-refractivity contribution in [1.29, 1.82) is 5.26 Å². The van der Waals surface area contributed by atoms with E-state index in [0.29, 0.717) is 5.25 Å². The van der Waals surface area contributed by atoms with E-state index in [9.17, 15) is 5.26 Å². The Morgan fingerprint density at radius 3 is 2.82 bits per heavy atom. The lowest BCUT2D eigenvalue weighted by Crippen LogP contribution is -2.38. The molecule has 6 heteroatoms. The summed E-state index contributed by atoms with van der Waals surface area (Å²) in [7, 11) is 3.84. The summed E-state index contributed by atoms with van der Waals surface area (Å²) >= 11 is 1.73. The third-order valence-electron chi connectivity index (χ3n) is 3.49. The van der Waals surface area contributed by atoms with Gasteiger partial charge in [-0.2, -0.15) is 5.26 Å². The van der Waals surface area contributed by atoms with Crippen molar-refractivity contribution in [2.75, 3.05) is 7.05 Å². The second-order valence-corrected chi connectivity index (χ2v) is 5.78. The average Bonchev–Trinajstić information content (AvgIpc) is 2.89. The molecule has 1 aromatic heterocycles. The molecule has 0 spiro atoms. The highest BCUT2D eigenvalue weighted by atomic mass is 32.2. The van der Waals surface area contributed by atoms with E-state index in [0.717, 1.165) is 30.2 Å². The quantitative estimate of drug-likeness (QED) is 0.875. The van der Waals surface area contributed by atoms with Gasteiger partial charge < -0.3 is 9.88 Å². The minimum Gasteiger partial charge on any atom is -0.309 e. The van der Waals surface area contributed by atoms with Gasteiger partial charge in [0, 0.05) is 12.3 Å². The van der Waals surface area contributed by atoms with E-state index in [-0.39, 0.29) is 5.54 Å². The van der Waals surface area contributed by atoms with Crippen LogP contribution in [0.1, 0.15) is 25.1 Å². The van der Waals surface area contributed by atoms with Crippen LogP contribution in [0.4, 0.5) is 0 Å². The predicted octanol–water partition coefficient (Wildman–Crippen LogP) is 1.25. The summed E-state index contributed by atoms with van der Waals surface area (Å²) in [4.78, 5) is 0. The minimum atomic E-state index is -0.342. The van der Waals surface area contributed by atoms with E-state index < -0.39 is 0 Å². The second kappa shape index (κ2) is 4.67. The maximum Gasteiger partial charge on any atom is 0.191 e. The Kier molecular flexibility index (Phi) is 3.40. The molecule has 17 heavy (non-hydrogen) atoms. The first-order chi connectivity index (χ1) is 8.10. The molecular formula is C11H17N5S. The first-order valence-corrected chi connectivity index (χ1v) is 6.61. The van der Waals surface area contributed by atoms with Gasteiger partial charge >= 0.3 is 0 Å². The van der Waals surface area contributed by atoms with Gasteiger partial charge in [-0.1, -0.05) is 11.8 Å². The van der Waals surface area contributed by atoms with E-state index in [1.807, 2.05) is 25.6 Å². The number of hydrogen-bond acceptors (Lipinski definition) is 5. The Labute approximate surface area is 106 Å². The highest BCUT2D eigenvalue weighted by Gasteiger charge is 2.39. The zero-order valence-electron chi connectivity index (χ0n) is 10.4. The first kappa shape index (κ1) is 12.4. The molecular weight excluding hydrogens is 234 g/mol. The van der Waals surface area contributed by atoms with Crippen LogP contribution in [0.15, 0.2) is 5.16 Å². The monoisotopic (exact) mass is 251 g/mol. The fourth-order valence-corrected chi connectivity index (χ4v) is 3.40. The normalized spacial score (nSPS) is 28.2. The molecule has 2 rings (SSSR count). The molecule has 1 fully saturated rings. The molecule has 1 aliphatic rings. The zero-order valence-corrected chi connectivity index (χ0v) is 11.2. The van der Waals surface area contributed by atoms with Gasteiger partial charge in [0.25, 0.3) is 0 Å². The van der Waals surface area contributed by atoms with Gasteiger partial charge in [-0.15, -0.1) is 10.2 Å². The molecule has 1 aromatic rings. The van der Waals surface area contributed by atoms with Crippen LogP contribution in [0.2, 0.25) is 0 Å². The Hall–Kier alpha value is -1.06. The number of nitrogens with zero attached hydrogens (tertiary/aromatic N) is 4. The molecule has 92 valence electrons. The number of nitrogens with one attached hydrogen (secondary N) is 1. The first-order valence-electron chi connectivity index (χ1n) is 5.73. The number of aromatic nitrogens is 3. The van der Waals surface area contributed by atoms with E-state index in [4.69, 9.17) is 0 Å². The third-order valence-corrected chi connectivity index (χ3v) is 4.79. The van der Waals surface area contributed by atoms with Crippen molar-refractivity contribution < 1.29 is 0 Å². The molecule has 0 radical (unpaired) electrons. The van der Waals surface area contributed by atoms with Crippen LogP contribution in [-0.4, -0.2) is 32.6 Å². The molecule has 0 amide bonds. The molecule has 0 saturated heterocycles. The molecule has 0 aliphatic heterocycles. The minimum absolute atomic E-state index is 0.342. The Balaban J connectivity index is 2.04. The fourth-order valence-electron chi connectivity index (χ4n) is 2.12. The number of aryl methyl sites for hydroxylation is 1. The van der Waals surface area contributed by atoms with Crippen LogP contribution < -0.4 is 5.32 Å². The van der Waals surface area contributed by atoms with Crippen LogP contribution in [0, 0.1) is 18.3 Å². The van der Waals surface area contributed by atoms with Gasteiger partial charge in [0.05, 0.1) is 6.07 Å². The smallest absolute Gasteiger partial charge is 0.191 e. The summed E-state index contributed by atoms with van der Waals surface area (Å²) in [6.45, 7) is 1.94. The summed E-state index contributed by atoms with van der Waals surface area (Å²) in [5.74, 6) is 0.922. The Bertz CT molecular complexity index is 449. The summed E-state index contributed by atoms with van der Waals surface area (Å²) in [5, 5.41) is 21.9. The van der Waals surface area contributed by atoms with Crippen LogP contribution >= 0.6 is 11.8 Å². The van der Waals surface area contributed by atoms with Gasteiger partial charge in [0.15, 0.2) is 5.16 Å². The van der Waals surface area contributed by atoms with E-state index >= 15 is 0 Å². The van der Waals surface area contributed by atoms with Crippen LogP contribution in [0.3, 0.4) is 0 Å². The standard InChI is InChI=1S/C11H17N5S/c1-8-14-15-10(16(8)3)17-9-4-5-11(6-9,7-12)13-2/h9,13H,4-6H2,1-3H3. The van der Waals surface area contributed by atoms with Gasteiger partial charge in [0.1, 0.15) is 11.4 Å². The topological polar surface area (TPSA) is 66.5 Å². The lowest BCUT2D eigenvalue weighted by atomic mass is 10.0. The molecule has 1 saturated carbocycles. The van der Waals surface area contributed by atoms with Crippen LogP contribution in [-0.2, 0) is 7.05 Å². The average molecular weight is 251 g/mol. The largest absolute Gasteiger partial charge is 0.309 e. The molecule has 1 heterocycles. The van der Waals surface area contributed by atoms with Gasteiger partial charge in [-0.3, -0.25) is 0 Å². The van der Waals surface area contributed by atoms with Gasteiger partial charge in [-0.25, -0.2) is 0 Å². The van der Waals surface area contributed by atoms with Gasteiger partial charge in [-0.05, 0) is 33.2 Å². The molecule has 0 bridgehead atoms. The third kappa shape index (κ3) is 2.31. The molecule has 2 atom stereocenters. The summed E-state index contributed by atoms with van der Waals surface area (Å²) in [6, 6.07) is 2.40. The molecule has 1 aliphatic carbocycles. The van der Waals surface area contributed by atoms with Crippen molar-refractivity contribution in [1.82, 2.24) is 20.1 Å². The van der Waals surface area contributed by atoms with Crippen molar-refractivity contribution in [3.8, 4) is 6.07 Å². The second-order valence-electron chi connectivity index (χ2n) is 4.52. The summed E-state index contributed by atoms with van der Waals surface area (Å²) in [6.07, 6.45) is 2.83. The van der Waals surface area contributed by atoms with Crippen molar-refractivity contribution in [3.63, 3.8) is 0 Å². The van der Waals surface area contributed by atoms with Crippen molar-refractivity contribution >= 4 is 11.8 Å². The van der Waals surface area contributed by atoms with Crippen molar-refractivity contribution in [3.05, 3.63) is 5.82 Å². The van der Waals surface area contributed by atoms with Crippen LogP contribution in [0.25, 0.3) is 0 Å². The maximum atomic E-state index is 9.20. The van der Waals surface area contributed by atoms with E-state index in [2.05, 4.69) is 21.6 Å². The molecule has 1 N–H and O–H groups in total. The highest BCUT2D eigenvalue weighted by molar-refractivity contribution is 7.99. The number of thioether (sulfide) groups is 1. The highest BCUT2D eigenvalue weighted by Crippen LogP contribution is 2.39. The van der Waals surface area contributed by atoms with E-state index in [1.54, 1.807) is 11.8 Å². The summed E-state index contributed by atoms with van der Waals surface area (Å²) in [5.41, 5.74) is -0.342. The van der Waals surface area contributed by atoms with Crippen molar-refractivity contribution in [2.45, 2.75) is 42.1 Å². The Morgan fingerprint density at radius 1 is 1.59 bits per heavy atom. The number of hydrogen-bond donors (Lipinski definition) is 1. The lowest BCUT2D eigenvalue weighted by molar-refractivity contribution is 0.464. The fraction of sp³-hybridized carbons (Fsp3) is 0.727. The number of nitriles is 1. The lowest BCUT2D eigenvalue weighted by Gasteiger charge is -2.19. The van der Waals surface area contributed by atoms with Gasteiger partial charge in [0.2, 0.25) is 0 Å². The number of rotatable bonds is 3. The molecule has 5 nitrogen and oxygen atoms in total. The summed E-state index contributed by atoms with van der Waals surface area (Å²) < 4.78 is 2.00.